The molecule has 1 saturated heterocycles. The molecule has 9 nitrogen and oxygen atoms in total. The van der Waals surface area contributed by atoms with Gasteiger partial charge < -0.3 is 29.3 Å². The predicted octanol–water partition coefficient (Wildman–Crippen LogP) is 1.86. The molecule has 1 aliphatic heterocycles. The minimum Gasteiger partial charge on any atom is -0.493 e. The third-order valence-corrected chi connectivity index (χ3v) is 4.32. The Morgan fingerprint density at radius 3 is 2.07 bits per heavy atom. The van der Waals surface area contributed by atoms with Gasteiger partial charge in [-0.2, -0.15) is 0 Å². The van der Waals surface area contributed by atoms with Gasteiger partial charge in [0.25, 0.3) is 0 Å². The molecule has 1 aromatic heterocycles. The molecule has 0 unspecified atom stereocenters. The highest BCUT2D eigenvalue weighted by atomic mass is 16.5. The van der Waals surface area contributed by atoms with Gasteiger partial charge in [-0.15, -0.1) is 0 Å². The van der Waals surface area contributed by atoms with E-state index in [4.69, 9.17) is 14.2 Å². The number of piperazine rings is 1. The largest absolute Gasteiger partial charge is 0.493 e. The van der Waals surface area contributed by atoms with E-state index in [0.29, 0.717) is 55.1 Å². The van der Waals surface area contributed by atoms with Crippen LogP contribution in [0.4, 0.5) is 16.4 Å². The van der Waals surface area contributed by atoms with Gasteiger partial charge in [-0.1, -0.05) is 0 Å². The number of hydrogen-bond donors (Lipinski definition) is 1. The van der Waals surface area contributed by atoms with E-state index < -0.39 is 0 Å². The fraction of sp³-hybridized carbons (Fsp3) is 0.389. The number of amides is 2. The van der Waals surface area contributed by atoms with Crippen LogP contribution in [0.2, 0.25) is 0 Å². The Bertz CT molecular complexity index is 754. The number of nitrogens with one attached hydrogen (secondary N) is 1. The van der Waals surface area contributed by atoms with Crippen LogP contribution >= 0.6 is 0 Å². The van der Waals surface area contributed by atoms with Crippen LogP contribution in [0, 0.1) is 0 Å². The molecule has 0 radical (unpaired) electrons. The average Bonchev–Trinajstić information content (AvgIpc) is 2.73. The first kappa shape index (κ1) is 18.6. The molecular formula is C18H23N5O4. The van der Waals surface area contributed by atoms with Gasteiger partial charge in [-0.05, 0) is 6.07 Å². The van der Waals surface area contributed by atoms with Crippen molar-refractivity contribution in [2.24, 2.45) is 0 Å². The van der Waals surface area contributed by atoms with E-state index >= 15 is 0 Å². The van der Waals surface area contributed by atoms with Crippen molar-refractivity contribution in [1.29, 1.82) is 0 Å². The number of aromatic nitrogens is 2. The van der Waals surface area contributed by atoms with Gasteiger partial charge >= 0.3 is 6.03 Å². The summed E-state index contributed by atoms with van der Waals surface area (Å²) in [4.78, 5) is 24.9. The second kappa shape index (κ2) is 8.43. The van der Waals surface area contributed by atoms with E-state index in [0.717, 1.165) is 0 Å². The van der Waals surface area contributed by atoms with Crippen molar-refractivity contribution < 1.29 is 19.0 Å². The summed E-state index contributed by atoms with van der Waals surface area (Å²) in [5.74, 6) is 2.13. The second-order valence-electron chi connectivity index (χ2n) is 5.87. The summed E-state index contributed by atoms with van der Waals surface area (Å²) in [5.41, 5.74) is 0.573. The maximum Gasteiger partial charge on any atom is 0.321 e. The van der Waals surface area contributed by atoms with Crippen molar-refractivity contribution in [3.63, 3.8) is 0 Å². The fourth-order valence-electron chi connectivity index (χ4n) is 2.92. The number of urea groups is 1. The highest BCUT2D eigenvalue weighted by molar-refractivity contribution is 5.90. The molecule has 3 rings (SSSR count). The second-order valence-corrected chi connectivity index (χ2v) is 5.87. The van der Waals surface area contributed by atoms with Crippen molar-refractivity contribution in [3.05, 3.63) is 30.6 Å². The molecule has 1 fully saturated rings. The Morgan fingerprint density at radius 1 is 0.963 bits per heavy atom. The lowest BCUT2D eigenvalue weighted by Crippen LogP contribution is -2.50. The average molecular weight is 373 g/mol. The maximum absolute atomic E-state index is 12.6. The van der Waals surface area contributed by atoms with E-state index in [1.807, 2.05) is 0 Å². The minimum atomic E-state index is -0.182. The standard InChI is InChI=1S/C18H23N5O4/c1-25-14-11-13(12-15(26-2)16(14)27-3)21-18(24)23-9-7-22(8-10-23)17-19-5-4-6-20-17/h4-6,11-12H,7-10H2,1-3H3,(H,21,24). The third kappa shape index (κ3) is 4.13. The zero-order valence-corrected chi connectivity index (χ0v) is 15.6. The molecule has 0 saturated carbocycles. The molecule has 1 N–H and O–H groups in total. The van der Waals surface area contributed by atoms with Gasteiger partial charge in [0.2, 0.25) is 11.7 Å². The van der Waals surface area contributed by atoms with E-state index in [9.17, 15) is 4.79 Å². The fourth-order valence-corrected chi connectivity index (χ4v) is 2.92. The minimum absolute atomic E-state index is 0.182. The van der Waals surface area contributed by atoms with Crippen molar-refractivity contribution in [3.8, 4) is 17.2 Å². The molecule has 0 aliphatic carbocycles. The van der Waals surface area contributed by atoms with Crippen LogP contribution in [0.25, 0.3) is 0 Å². The Balaban J connectivity index is 1.64. The number of carbonyl (C=O) groups excluding carboxylic acids is 1. The topological polar surface area (TPSA) is 89.1 Å². The van der Waals surface area contributed by atoms with Crippen molar-refractivity contribution in [1.82, 2.24) is 14.9 Å². The molecule has 1 aliphatic rings. The first-order chi connectivity index (χ1) is 13.2. The first-order valence-electron chi connectivity index (χ1n) is 8.54. The number of hydrogen-bond acceptors (Lipinski definition) is 7. The summed E-state index contributed by atoms with van der Waals surface area (Å²) in [5, 5.41) is 2.89. The molecule has 2 amide bonds. The molecule has 0 bridgehead atoms. The summed E-state index contributed by atoms with van der Waals surface area (Å²) in [6.07, 6.45) is 3.43. The van der Waals surface area contributed by atoms with Gasteiger partial charge in [0.15, 0.2) is 11.5 Å². The van der Waals surface area contributed by atoms with Crippen LogP contribution in [-0.2, 0) is 0 Å². The van der Waals surface area contributed by atoms with Crippen LogP contribution in [0.3, 0.4) is 0 Å². The van der Waals surface area contributed by atoms with E-state index in [-0.39, 0.29) is 6.03 Å². The molecule has 2 heterocycles. The van der Waals surface area contributed by atoms with Gasteiger partial charge in [0.05, 0.1) is 27.0 Å². The molecule has 0 atom stereocenters. The van der Waals surface area contributed by atoms with Crippen molar-refractivity contribution in [2.45, 2.75) is 0 Å². The van der Waals surface area contributed by atoms with Gasteiger partial charge in [-0.25, -0.2) is 14.8 Å². The van der Waals surface area contributed by atoms with Crippen LogP contribution in [0.5, 0.6) is 17.2 Å². The maximum atomic E-state index is 12.6. The molecule has 27 heavy (non-hydrogen) atoms. The van der Waals surface area contributed by atoms with Crippen molar-refractivity contribution in [2.75, 3.05) is 57.7 Å². The zero-order chi connectivity index (χ0) is 19.2. The van der Waals surface area contributed by atoms with Crippen LogP contribution in [-0.4, -0.2) is 68.4 Å². The number of anilines is 2. The summed E-state index contributed by atoms with van der Waals surface area (Å²) in [6.45, 7) is 2.50. The number of carbonyl (C=O) groups is 1. The molecule has 0 spiro atoms. The summed E-state index contributed by atoms with van der Waals surface area (Å²) in [6, 6.07) is 5.00. The lowest BCUT2D eigenvalue weighted by molar-refractivity contribution is 0.208. The number of rotatable bonds is 5. The highest BCUT2D eigenvalue weighted by Gasteiger charge is 2.23. The van der Waals surface area contributed by atoms with E-state index in [2.05, 4.69) is 20.2 Å². The lowest BCUT2D eigenvalue weighted by Gasteiger charge is -2.34. The number of methoxy groups -OCH3 is 3. The SMILES string of the molecule is COc1cc(NC(=O)N2CCN(c3ncccn3)CC2)cc(OC)c1OC. The van der Waals surface area contributed by atoms with Crippen LogP contribution in [0.1, 0.15) is 0 Å². The Labute approximate surface area is 157 Å². The zero-order valence-electron chi connectivity index (χ0n) is 15.6. The number of benzene rings is 1. The normalized spacial score (nSPS) is 13.9. The third-order valence-electron chi connectivity index (χ3n) is 4.32. The summed E-state index contributed by atoms with van der Waals surface area (Å²) in [7, 11) is 4.61. The number of nitrogens with zero attached hydrogens (tertiary/aromatic N) is 4. The molecule has 144 valence electrons. The number of ether oxygens (including phenoxy) is 3. The van der Waals surface area contributed by atoms with Gasteiger partial charge in [-0.3, -0.25) is 0 Å². The lowest BCUT2D eigenvalue weighted by atomic mass is 10.2. The Morgan fingerprint density at radius 2 is 1.56 bits per heavy atom. The predicted molar refractivity (Wildman–Crippen MR) is 101 cm³/mol. The molecule has 9 heteroatoms. The van der Waals surface area contributed by atoms with Gasteiger partial charge in [0.1, 0.15) is 0 Å². The van der Waals surface area contributed by atoms with E-state index in [1.165, 1.54) is 21.3 Å². The van der Waals surface area contributed by atoms with E-state index in [1.54, 1.807) is 35.5 Å². The Hall–Kier alpha value is -3.23. The van der Waals surface area contributed by atoms with Crippen LogP contribution < -0.4 is 24.4 Å². The quantitative estimate of drug-likeness (QED) is 0.856. The van der Waals surface area contributed by atoms with Crippen molar-refractivity contribution >= 4 is 17.7 Å². The van der Waals surface area contributed by atoms with Crippen LogP contribution in [0.15, 0.2) is 30.6 Å². The highest BCUT2D eigenvalue weighted by Crippen LogP contribution is 2.40. The summed E-state index contributed by atoms with van der Waals surface area (Å²) < 4.78 is 15.9. The smallest absolute Gasteiger partial charge is 0.321 e. The van der Waals surface area contributed by atoms with Gasteiger partial charge in [0, 0.05) is 50.7 Å². The monoisotopic (exact) mass is 373 g/mol. The molecule has 1 aromatic carbocycles. The molecule has 2 aromatic rings. The first-order valence-corrected chi connectivity index (χ1v) is 8.54. The Kier molecular flexibility index (Phi) is 5.80. The summed E-state index contributed by atoms with van der Waals surface area (Å²) >= 11 is 0. The molecular weight excluding hydrogens is 350 g/mol.